The summed E-state index contributed by atoms with van der Waals surface area (Å²) in [5, 5.41) is 9.66. The predicted molar refractivity (Wildman–Crippen MR) is 165 cm³/mol. The molecule has 4 aromatic carbocycles. The molecule has 6 rings (SSSR count). The second-order valence-corrected chi connectivity index (χ2v) is 10.1. The van der Waals surface area contributed by atoms with Crippen molar-refractivity contribution >= 4 is 27.6 Å². The lowest BCUT2D eigenvalue weighted by Gasteiger charge is -2.20. The van der Waals surface area contributed by atoms with Crippen LogP contribution in [-0.4, -0.2) is 29.8 Å². The fourth-order valence-corrected chi connectivity index (χ4v) is 5.42. The molecule has 0 saturated heterocycles. The number of aromatic nitrogens is 2. The van der Waals surface area contributed by atoms with Gasteiger partial charge in [-0.25, -0.2) is 4.98 Å². The van der Waals surface area contributed by atoms with Gasteiger partial charge in [0.25, 0.3) is 0 Å². The molecular weight excluding hydrogens is 492 g/mol. The number of nitrogens with one attached hydrogen (secondary N) is 2. The minimum Gasteiger partial charge on any atom is -0.496 e. The third kappa shape index (κ3) is 5.70. The number of ether oxygens (including phenoxy) is 1. The molecule has 2 aromatic heterocycles. The molecule has 1 atom stereocenters. The van der Waals surface area contributed by atoms with Gasteiger partial charge in [0, 0.05) is 60.6 Å². The second-order valence-electron chi connectivity index (χ2n) is 10.1. The van der Waals surface area contributed by atoms with Gasteiger partial charge in [-0.05, 0) is 34.9 Å². The van der Waals surface area contributed by atoms with Crippen LogP contribution in [0.5, 0.6) is 5.75 Å². The number of pyridine rings is 1. The maximum absolute atomic E-state index is 5.65. The van der Waals surface area contributed by atoms with Crippen molar-refractivity contribution in [3.05, 3.63) is 138 Å². The van der Waals surface area contributed by atoms with Crippen LogP contribution in [0.15, 0.2) is 121 Å². The standard InChI is InChI=1S/C35H34N4O/c1-40-34-20-35(38-32-18-10-8-17-31(32)34)37-23-28(27-14-6-3-7-15-27)21-36-22-29-25-39(24-26-12-4-2-5-13-26)33-19-11-9-16-30(29)33/h2-20,25,28,36H,21-24H2,1H3,(H,37,38)/t28-/m0/s1. The van der Waals surface area contributed by atoms with Gasteiger partial charge in [-0.3, -0.25) is 0 Å². The normalized spacial score (nSPS) is 12.0. The average molecular weight is 527 g/mol. The minimum absolute atomic E-state index is 0.262. The van der Waals surface area contributed by atoms with Crippen LogP contribution in [0.3, 0.4) is 0 Å². The van der Waals surface area contributed by atoms with Crippen molar-refractivity contribution in [2.45, 2.75) is 19.0 Å². The zero-order valence-electron chi connectivity index (χ0n) is 22.8. The van der Waals surface area contributed by atoms with Crippen LogP contribution in [0.4, 0.5) is 5.82 Å². The average Bonchev–Trinajstić information content (AvgIpc) is 3.36. The van der Waals surface area contributed by atoms with Crippen molar-refractivity contribution in [3.8, 4) is 5.75 Å². The third-order valence-corrected chi connectivity index (χ3v) is 7.47. The molecule has 0 saturated carbocycles. The maximum atomic E-state index is 5.65. The number of para-hydroxylation sites is 2. The minimum atomic E-state index is 0.262. The van der Waals surface area contributed by atoms with Gasteiger partial charge in [-0.2, -0.15) is 0 Å². The summed E-state index contributed by atoms with van der Waals surface area (Å²) >= 11 is 0. The van der Waals surface area contributed by atoms with E-state index in [4.69, 9.17) is 9.72 Å². The van der Waals surface area contributed by atoms with E-state index in [0.29, 0.717) is 0 Å². The number of methoxy groups -OCH3 is 1. The smallest absolute Gasteiger partial charge is 0.131 e. The number of hydrogen-bond donors (Lipinski definition) is 2. The van der Waals surface area contributed by atoms with Crippen molar-refractivity contribution < 1.29 is 4.74 Å². The van der Waals surface area contributed by atoms with Crippen molar-refractivity contribution in [1.82, 2.24) is 14.9 Å². The predicted octanol–water partition coefficient (Wildman–Crippen LogP) is 7.23. The Morgan fingerprint density at radius 3 is 2.27 bits per heavy atom. The molecule has 0 bridgehead atoms. The lowest BCUT2D eigenvalue weighted by molar-refractivity contribution is 0.419. The van der Waals surface area contributed by atoms with Crippen LogP contribution in [-0.2, 0) is 13.1 Å². The van der Waals surface area contributed by atoms with Gasteiger partial charge < -0.3 is 19.9 Å². The van der Waals surface area contributed by atoms with Gasteiger partial charge in [0.2, 0.25) is 0 Å². The highest BCUT2D eigenvalue weighted by molar-refractivity contribution is 5.87. The fraction of sp³-hybridized carbons (Fsp3) is 0.171. The summed E-state index contributed by atoms with van der Waals surface area (Å²) in [6.07, 6.45) is 2.30. The highest BCUT2D eigenvalue weighted by Crippen LogP contribution is 2.28. The molecule has 0 aliphatic carbocycles. The van der Waals surface area contributed by atoms with Gasteiger partial charge in [0.15, 0.2) is 0 Å². The molecule has 2 heterocycles. The summed E-state index contributed by atoms with van der Waals surface area (Å²) in [7, 11) is 1.71. The van der Waals surface area contributed by atoms with Gasteiger partial charge in [0.05, 0.1) is 12.6 Å². The Labute approximate surface area is 235 Å². The Morgan fingerprint density at radius 2 is 1.48 bits per heavy atom. The monoisotopic (exact) mass is 526 g/mol. The van der Waals surface area contributed by atoms with Crippen molar-refractivity contribution in [3.63, 3.8) is 0 Å². The van der Waals surface area contributed by atoms with Crippen LogP contribution in [0, 0.1) is 0 Å². The summed E-state index contributed by atoms with van der Waals surface area (Å²) in [5.74, 6) is 1.91. The van der Waals surface area contributed by atoms with Crippen LogP contribution in [0.25, 0.3) is 21.8 Å². The molecule has 6 aromatic rings. The summed E-state index contributed by atoms with van der Waals surface area (Å²) in [6, 6.07) is 40.1. The molecule has 5 nitrogen and oxygen atoms in total. The molecule has 0 fully saturated rings. The molecule has 40 heavy (non-hydrogen) atoms. The Balaban J connectivity index is 1.18. The Morgan fingerprint density at radius 1 is 0.775 bits per heavy atom. The first-order chi connectivity index (χ1) is 19.8. The van der Waals surface area contributed by atoms with E-state index in [2.05, 4.69) is 106 Å². The van der Waals surface area contributed by atoms with Crippen molar-refractivity contribution in [1.29, 1.82) is 0 Å². The topological polar surface area (TPSA) is 51.1 Å². The highest BCUT2D eigenvalue weighted by Gasteiger charge is 2.14. The van der Waals surface area contributed by atoms with Crippen LogP contribution < -0.4 is 15.4 Å². The quantitative estimate of drug-likeness (QED) is 0.187. The zero-order valence-corrected chi connectivity index (χ0v) is 22.8. The van der Waals surface area contributed by atoms with Crippen molar-refractivity contribution in [2.24, 2.45) is 0 Å². The Bertz CT molecular complexity index is 1700. The first kappa shape index (κ1) is 25.7. The molecule has 0 amide bonds. The number of fused-ring (bicyclic) bond motifs is 2. The SMILES string of the molecule is COc1cc(NC[C@H](CNCc2cn(Cc3ccccc3)c3ccccc23)c2ccccc2)nc2ccccc12. The van der Waals surface area contributed by atoms with Gasteiger partial charge >= 0.3 is 0 Å². The number of rotatable bonds is 11. The first-order valence-electron chi connectivity index (χ1n) is 13.8. The van der Waals surface area contributed by atoms with Crippen LogP contribution >= 0.6 is 0 Å². The van der Waals surface area contributed by atoms with E-state index >= 15 is 0 Å². The number of nitrogens with zero attached hydrogens (tertiary/aromatic N) is 2. The van der Waals surface area contributed by atoms with Crippen LogP contribution in [0.2, 0.25) is 0 Å². The second kappa shape index (κ2) is 12.1. The molecule has 2 N–H and O–H groups in total. The number of benzene rings is 4. The molecule has 5 heteroatoms. The molecular formula is C35H34N4O. The molecule has 0 aliphatic heterocycles. The van der Waals surface area contributed by atoms with E-state index in [9.17, 15) is 0 Å². The number of hydrogen-bond acceptors (Lipinski definition) is 4. The van der Waals surface area contributed by atoms with E-state index in [0.717, 1.165) is 48.6 Å². The highest BCUT2D eigenvalue weighted by atomic mass is 16.5. The lowest BCUT2D eigenvalue weighted by Crippen LogP contribution is -2.26. The van der Waals surface area contributed by atoms with Gasteiger partial charge in [-0.15, -0.1) is 0 Å². The van der Waals surface area contributed by atoms with Gasteiger partial charge in [-0.1, -0.05) is 91.0 Å². The molecule has 0 unspecified atom stereocenters. The summed E-state index contributed by atoms with van der Waals surface area (Å²) in [6.45, 7) is 3.25. The van der Waals surface area contributed by atoms with E-state index < -0.39 is 0 Å². The molecule has 200 valence electrons. The van der Waals surface area contributed by atoms with E-state index in [1.807, 2.05) is 30.3 Å². The number of anilines is 1. The van der Waals surface area contributed by atoms with Crippen LogP contribution in [0.1, 0.15) is 22.6 Å². The molecule has 0 spiro atoms. The maximum Gasteiger partial charge on any atom is 0.131 e. The van der Waals surface area contributed by atoms with E-state index in [1.165, 1.54) is 27.6 Å². The Kier molecular flexibility index (Phi) is 7.73. The zero-order chi connectivity index (χ0) is 27.1. The Hall–Kier alpha value is -4.61. The fourth-order valence-electron chi connectivity index (χ4n) is 5.42. The molecule has 0 radical (unpaired) electrons. The molecule has 0 aliphatic rings. The first-order valence-corrected chi connectivity index (χ1v) is 13.8. The largest absolute Gasteiger partial charge is 0.496 e. The van der Waals surface area contributed by atoms with Gasteiger partial charge in [0.1, 0.15) is 11.6 Å². The van der Waals surface area contributed by atoms with E-state index in [1.54, 1.807) is 7.11 Å². The summed E-state index contributed by atoms with van der Waals surface area (Å²) < 4.78 is 8.01. The lowest BCUT2D eigenvalue weighted by atomic mass is 9.99. The summed E-state index contributed by atoms with van der Waals surface area (Å²) in [4.78, 5) is 4.83. The summed E-state index contributed by atoms with van der Waals surface area (Å²) in [5.41, 5.74) is 6.09. The third-order valence-electron chi connectivity index (χ3n) is 7.47. The van der Waals surface area contributed by atoms with E-state index in [-0.39, 0.29) is 5.92 Å². The van der Waals surface area contributed by atoms with Crippen molar-refractivity contribution in [2.75, 3.05) is 25.5 Å².